The molecule has 0 aliphatic heterocycles. The molecule has 0 atom stereocenters. The molecule has 0 N–H and O–H groups in total. The molecule has 0 heterocycles. The average molecular weight is 216 g/mol. The van der Waals surface area contributed by atoms with Crippen LogP contribution in [0.1, 0.15) is 18.1 Å². The summed E-state index contributed by atoms with van der Waals surface area (Å²) in [7, 11) is 0. The van der Waals surface area contributed by atoms with Crippen molar-refractivity contribution in [3.8, 4) is 0 Å². The smallest absolute Gasteiger partial charge is 0.316 e. The predicted molar refractivity (Wildman–Crippen MR) is 63.1 cm³/mol. The highest BCUT2D eigenvalue weighted by atomic mass is 16.5. The zero-order valence-corrected chi connectivity index (χ0v) is 9.53. The molecule has 16 heavy (non-hydrogen) atoms. The number of rotatable bonds is 3. The summed E-state index contributed by atoms with van der Waals surface area (Å²) in [6.45, 7) is 6.05. The molecule has 0 amide bonds. The molecule has 0 saturated carbocycles. The third-order valence-electron chi connectivity index (χ3n) is 3.20. The van der Waals surface area contributed by atoms with Crippen LogP contribution < -0.4 is 0 Å². The summed E-state index contributed by atoms with van der Waals surface area (Å²) in [5.74, 6) is -0.152. The third kappa shape index (κ3) is 1.64. The topological polar surface area (TPSA) is 26.3 Å². The lowest BCUT2D eigenvalue weighted by atomic mass is 9.85. The normalized spacial score (nSPS) is 16.6. The Hall–Kier alpha value is -1.57. The van der Waals surface area contributed by atoms with Crippen molar-refractivity contribution >= 4 is 5.97 Å². The molecule has 0 saturated heterocycles. The molecule has 2 heteroatoms. The fraction of sp³-hybridized carbons (Fsp3) is 0.357. The zero-order chi connectivity index (χ0) is 11.6. The Morgan fingerprint density at radius 2 is 2.00 bits per heavy atom. The van der Waals surface area contributed by atoms with E-state index in [9.17, 15) is 4.79 Å². The lowest BCUT2D eigenvalue weighted by Gasteiger charge is -2.21. The van der Waals surface area contributed by atoms with Gasteiger partial charge < -0.3 is 4.74 Å². The second-order valence-corrected chi connectivity index (χ2v) is 4.20. The van der Waals surface area contributed by atoms with E-state index in [4.69, 9.17) is 4.74 Å². The Morgan fingerprint density at radius 3 is 2.44 bits per heavy atom. The fourth-order valence-corrected chi connectivity index (χ4v) is 2.29. The van der Waals surface area contributed by atoms with E-state index in [1.165, 1.54) is 11.1 Å². The van der Waals surface area contributed by atoms with E-state index >= 15 is 0 Å². The van der Waals surface area contributed by atoms with Crippen molar-refractivity contribution in [2.24, 2.45) is 5.41 Å². The van der Waals surface area contributed by atoms with Crippen LogP contribution in [-0.2, 0) is 22.4 Å². The Kier molecular flexibility index (Phi) is 2.82. The van der Waals surface area contributed by atoms with Crippen molar-refractivity contribution in [2.45, 2.75) is 19.8 Å². The molecule has 2 nitrogen and oxygen atoms in total. The first-order chi connectivity index (χ1) is 7.72. The molecule has 0 radical (unpaired) electrons. The maximum Gasteiger partial charge on any atom is 0.316 e. The van der Waals surface area contributed by atoms with Gasteiger partial charge in [0.25, 0.3) is 0 Å². The first-order valence-corrected chi connectivity index (χ1v) is 5.59. The lowest BCUT2D eigenvalue weighted by Crippen LogP contribution is -2.31. The second-order valence-electron chi connectivity index (χ2n) is 4.20. The highest BCUT2D eigenvalue weighted by molar-refractivity contribution is 5.81. The van der Waals surface area contributed by atoms with Crippen LogP contribution in [0.3, 0.4) is 0 Å². The molecule has 0 aromatic heterocycles. The fourth-order valence-electron chi connectivity index (χ4n) is 2.29. The maximum atomic E-state index is 12.0. The van der Waals surface area contributed by atoms with Gasteiger partial charge in [0.2, 0.25) is 0 Å². The van der Waals surface area contributed by atoms with Crippen molar-refractivity contribution in [2.75, 3.05) is 6.61 Å². The summed E-state index contributed by atoms with van der Waals surface area (Å²) in [4.78, 5) is 12.0. The molecule has 2 rings (SSSR count). The molecular formula is C14H16O2. The quantitative estimate of drug-likeness (QED) is 0.573. The van der Waals surface area contributed by atoms with Crippen molar-refractivity contribution < 1.29 is 9.53 Å². The number of carbonyl (C=O) groups excluding carboxylic acids is 1. The van der Waals surface area contributed by atoms with E-state index in [-0.39, 0.29) is 5.97 Å². The van der Waals surface area contributed by atoms with Gasteiger partial charge in [-0.15, -0.1) is 6.58 Å². The first kappa shape index (κ1) is 10.9. The summed E-state index contributed by atoms with van der Waals surface area (Å²) in [6.07, 6.45) is 3.17. The van der Waals surface area contributed by atoms with Gasteiger partial charge in [0.1, 0.15) is 0 Å². The van der Waals surface area contributed by atoms with Crippen LogP contribution in [0, 0.1) is 5.41 Å². The van der Waals surface area contributed by atoms with Gasteiger partial charge in [0.05, 0.1) is 12.0 Å². The van der Waals surface area contributed by atoms with Crippen molar-refractivity contribution in [3.05, 3.63) is 48.0 Å². The Labute approximate surface area is 95.9 Å². The Bertz CT molecular complexity index is 395. The van der Waals surface area contributed by atoms with Gasteiger partial charge in [-0.1, -0.05) is 30.3 Å². The van der Waals surface area contributed by atoms with Crippen molar-refractivity contribution in [3.63, 3.8) is 0 Å². The minimum atomic E-state index is -0.542. The number of esters is 1. The average Bonchev–Trinajstić information content (AvgIpc) is 2.69. The molecule has 1 aliphatic rings. The maximum absolute atomic E-state index is 12.0. The molecule has 84 valence electrons. The van der Waals surface area contributed by atoms with Gasteiger partial charge in [-0.3, -0.25) is 4.79 Å². The summed E-state index contributed by atoms with van der Waals surface area (Å²) in [5.41, 5.74) is 1.92. The van der Waals surface area contributed by atoms with E-state index < -0.39 is 5.41 Å². The molecule has 0 spiro atoms. The number of carbonyl (C=O) groups is 1. The molecule has 0 unspecified atom stereocenters. The van der Waals surface area contributed by atoms with Crippen LogP contribution in [-0.4, -0.2) is 12.6 Å². The van der Waals surface area contributed by atoms with Crippen LogP contribution in [0.15, 0.2) is 36.9 Å². The summed E-state index contributed by atoms with van der Waals surface area (Å²) >= 11 is 0. The molecule has 1 aliphatic carbocycles. The molecular weight excluding hydrogens is 200 g/mol. The minimum absolute atomic E-state index is 0.152. The number of benzene rings is 1. The van der Waals surface area contributed by atoms with Gasteiger partial charge in [-0.05, 0) is 30.9 Å². The van der Waals surface area contributed by atoms with Crippen LogP contribution in [0.5, 0.6) is 0 Å². The lowest BCUT2D eigenvalue weighted by molar-refractivity contribution is -0.151. The Balaban J connectivity index is 2.29. The molecule has 0 fully saturated rings. The van der Waals surface area contributed by atoms with Gasteiger partial charge in [0.15, 0.2) is 0 Å². The highest BCUT2D eigenvalue weighted by Crippen LogP contribution is 2.38. The Morgan fingerprint density at radius 1 is 1.44 bits per heavy atom. The molecule has 1 aromatic carbocycles. The van der Waals surface area contributed by atoms with E-state index in [0.717, 1.165) is 0 Å². The summed E-state index contributed by atoms with van der Waals surface area (Å²) in [5, 5.41) is 0. The number of hydrogen-bond acceptors (Lipinski definition) is 2. The monoisotopic (exact) mass is 216 g/mol. The largest absolute Gasteiger partial charge is 0.465 e. The molecule has 0 bridgehead atoms. The summed E-state index contributed by atoms with van der Waals surface area (Å²) < 4.78 is 5.14. The highest BCUT2D eigenvalue weighted by Gasteiger charge is 2.42. The third-order valence-corrected chi connectivity index (χ3v) is 3.20. The van der Waals surface area contributed by atoms with Gasteiger partial charge in [-0.2, -0.15) is 0 Å². The van der Waals surface area contributed by atoms with E-state index in [2.05, 4.69) is 18.7 Å². The van der Waals surface area contributed by atoms with E-state index in [1.54, 1.807) is 6.08 Å². The van der Waals surface area contributed by atoms with E-state index in [1.807, 2.05) is 19.1 Å². The van der Waals surface area contributed by atoms with E-state index in [0.29, 0.717) is 19.4 Å². The molecule has 1 aromatic rings. The first-order valence-electron chi connectivity index (χ1n) is 5.59. The van der Waals surface area contributed by atoms with Gasteiger partial charge in [0, 0.05) is 0 Å². The zero-order valence-electron chi connectivity index (χ0n) is 9.53. The number of hydrogen-bond donors (Lipinski definition) is 0. The SMILES string of the molecule is C=CC1(C(=O)OCC)Cc2ccccc2C1. The van der Waals surface area contributed by atoms with Crippen molar-refractivity contribution in [1.29, 1.82) is 0 Å². The number of ether oxygens (including phenoxy) is 1. The van der Waals surface area contributed by atoms with Gasteiger partial charge in [-0.25, -0.2) is 0 Å². The van der Waals surface area contributed by atoms with Crippen LogP contribution >= 0.6 is 0 Å². The predicted octanol–water partition coefficient (Wildman–Crippen LogP) is 2.52. The van der Waals surface area contributed by atoms with Crippen molar-refractivity contribution in [1.82, 2.24) is 0 Å². The van der Waals surface area contributed by atoms with Crippen LogP contribution in [0.25, 0.3) is 0 Å². The standard InChI is InChI=1S/C14H16O2/c1-3-14(13(15)16-4-2)9-11-7-5-6-8-12(11)10-14/h3,5-8H,1,4,9-10H2,2H3. The number of fused-ring (bicyclic) bond motifs is 1. The summed E-state index contributed by atoms with van der Waals surface area (Å²) in [6, 6.07) is 8.14. The van der Waals surface area contributed by atoms with Gasteiger partial charge >= 0.3 is 5.97 Å². The van der Waals surface area contributed by atoms with Crippen LogP contribution in [0.4, 0.5) is 0 Å². The second kappa shape index (κ2) is 4.12. The minimum Gasteiger partial charge on any atom is -0.465 e. The van der Waals surface area contributed by atoms with Crippen LogP contribution in [0.2, 0.25) is 0 Å².